The van der Waals surface area contributed by atoms with Crippen LogP contribution in [0.4, 0.5) is 11.4 Å². The number of benzene rings is 4. The van der Waals surface area contributed by atoms with Crippen molar-refractivity contribution in [3.63, 3.8) is 0 Å². The Morgan fingerprint density at radius 3 is 1.89 bits per heavy atom. The molecule has 12 heteroatoms. The largest absolute Gasteiger partial charge is 0.495 e. The molecule has 0 aromatic heterocycles. The highest BCUT2D eigenvalue weighted by molar-refractivity contribution is 7.86. The van der Waals surface area contributed by atoms with Crippen LogP contribution in [0.25, 0.3) is 21.5 Å². The molecule has 0 saturated carbocycles. The van der Waals surface area contributed by atoms with Crippen LogP contribution in [-0.2, 0) is 20.9 Å². The molecule has 0 heterocycles. The Balaban J connectivity index is 1.74. The van der Waals surface area contributed by atoms with Crippen LogP contribution in [0.3, 0.4) is 0 Å². The van der Waals surface area contributed by atoms with Crippen molar-refractivity contribution in [1.82, 2.24) is 0 Å². The summed E-state index contributed by atoms with van der Waals surface area (Å²) in [5.41, 5.74) is -1.38. The molecule has 0 bridgehead atoms. The molecule has 180 valence electrons. The van der Waals surface area contributed by atoms with Crippen molar-refractivity contribution >= 4 is 43.0 Å². The summed E-state index contributed by atoms with van der Waals surface area (Å²) >= 11 is 0. The molecule has 35 heavy (non-hydrogen) atoms. The first-order chi connectivity index (χ1) is 16.7. The summed E-state index contributed by atoms with van der Waals surface area (Å²) in [7, 11) is -1.31. The van der Waals surface area contributed by atoms with E-state index in [2.05, 4.69) is 0 Å². The van der Waals surface area contributed by atoms with Gasteiger partial charge in [0, 0.05) is 33.7 Å². The van der Waals surface area contributed by atoms with E-state index < -0.39 is 37.9 Å². The van der Waals surface area contributed by atoms with Gasteiger partial charge in [0.05, 0.1) is 35.6 Å². The van der Waals surface area contributed by atoms with Crippen LogP contribution >= 0.6 is 0 Å². The number of hydrogen-bond donors (Lipinski definition) is 0. The Morgan fingerprint density at radius 2 is 1.31 bits per heavy atom. The Morgan fingerprint density at radius 1 is 0.743 bits per heavy atom. The second kappa shape index (κ2) is 9.16. The molecule has 4 aromatic carbocycles. The molecule has 0 amide bonds. The molecule has 0 aliphatic heterocycles. The van der Waals surface area contributed by atoms with Crippen molar-refractivity contribution in [3.8, 4) is 11.5 Å². The average Bonchev–Trinajstić information content (AvgIpc) is 2.85. The maximum absolute atomic E-state index is 12.9. The Hall–Kier alpha value is -4.29. The van der Waals surface area contributed by atoms with Gasteiger partial charge in [-0.2, -0.15) is 8.42 Å². The summed E-state index contributed by atoms with van der Waals surface area (Å²) < 4.78 is 42.1. The highest BCUT2D eigenvalue weighted by atomic mass is 32.2. The fourth-order valence-electron chi connectivity index (χ4n) is 3.85. The van der Waals surface area contributed by atoms with Crippen molar-refractivity contribution in [2.45, 2.75) is 11.5 Å². The molecule has 0 radical (unpaired) electrons. The molecule has 0 aliphatic rings. The molecule has 11 nitrogen and oxygen atoms in total. The van der Waals surface area contributed by atoms with Gasteiger partial charge in [-0.1, -0.05) is 24.3 Å². The van der Waals surface area contributed by atoms with E-state index in [0.29, 0.717) is 22.3 Å². The van der Waals surface area contributed by atoms with Gasteiger partial charge >= 0.3 is 11.4 Å². The smallest absolute Gasteiger partial charge is 0.346 e. The number of methoxy groups -OCH3 is 2. The fraction of sp³-hybridized carbons (Fsp3) is 0.130. The van der Waals surface area contributed by atoms with Gasteiger partial charge in [0.1, 0.15) is 11.5 Å². The zero-order valence-electron chi connectivity index (χ0n) is 18.5. The summed E-state index contributed by atoms with van der Waals surface area (Å²) in [4.78, 5) is 20.2. The summed E-state index contributed by atoms with van der Waals surface area (Å²) in [5.74, 6) is 1.01. The lowest BCUT2D eigenvalue weighted by molar-refractivity contribution is -0.422. The quantitative estimate of drug-likeness (QED) is 0.145. The van der Waals surface area contributed by atoms with Gasteiger partial charge in [-0.25, -0.2) is 0 Å². The number of nitro groups is 2. The third-order valence-corrected chi connectivity index (χ3v) is 6.67. The van der Waals surface area contributed by atoms with E-state index >= 15 is 0 Å². The van der Waals surface area contributed by atoms with Crippen molar-refractivity contribution in [2.24, 2.45) is 0 Å². The first-order valence-corrected chi connectivity index (χ1v) is 11.5. The van der Waals surface area contributed by atoms with Crippen LogP contribution in [0.1, 0.15) is 5.56 Å². The van der Waals surface area contributed by atoms with Gasteiger partial charge < -0.3 is 9.47 Å². The number of nitrogens with zero attached hydrogens (tertiary/aromatic N) is 2. The number of ether oxygens (including phenoxy) is 2. The van der Waals surface area contributed by atoms with E-state index in [1.54, 1.807) is 6.07 Å². The second-order valence-corrected chi connectivity index (χ2v) is 8.99. The maximum Gasteiger partial charge on any atom is 0.346 e. The Kier molecular flexibility index (Phi) is 6.24. The summed E-state index contributed by atoms with van der Waals surface area (Å²) in [6.45, 7) is -0.558. The van der Waals surface area contributed by atoms with Gasteiger partial charge in [0.2, 0.25) is 0 Å². The fourth-order valence-corrected chi connectivity index (χ4v) is 4.77. The highest BCUT2D eigenvalue weighted by Gasteiger charge is 2.25. The van der Waals surface area contributed by atoms with Crippen LogP contribution in [0.15, 0.2) is 65.6 Å². The zero-order chi connectivity index (χ0) is 25.3. The third kappa shape index (κ3) is 4.32. The minimum absolute atomic E-state index is 0.0805. The lowest BCUT2D eigenvalue weighted by atomic mass is 10.0. The van der Waals surface area contributed by atoms with E-state index in [1.807, 2.05) is 24.3 Å². The molecule has 0 atom stereocenters. The van der Waals surface area contributed by atoms with Gasteiger partial charge in [0.25, 0.3) is 10.1 Å². The van der Waals surface area contributed by atoms with Gasteiger partial charge in [-0.05, 0) is 29.8 Å². The lowest BCUT2D eigenvalue weighted by Gasteiger charge is -2.16. The first kappa shape index (κ1) is 23.9. The first-order valence-electron chi connectivity index (χ1n) is 10.1. The SMILES string of the molecule is COc1c2ccccc2c(OC)c2cc(S(=O)(=O)OCc3ccc([N+](=O)[O-])c([N+](=O)[O-])c3)ccc12. The zero-order valence-corrected chi connectivity index (χ0v) is 19.3. The van der Waals surface area contributed by atoms with Crippen LogP contribution < -0.4 is 9.47 Å². The molecule has 0 N–H and O–H groups in total. The van der Waals surface area contributed by atoms with Gasteiger partial charge in [0.15, 0.2) is 0 Å². The lowest BCUT2D eigenvalue weighted by Crippen LogP contribution is -2.07. The number of rotatable bonds is 8. The van der Waals surface area contributed by atoms with Crippen LogP contribution in [0.2, 0.25) is 0 Å². The van der Waals surface area contributed by atoms with Gasteiger partial charge in [-0.3, -0.25) is 24.4 Å². The Labute approximate surface area is 198 Å². The van der Waals surface area contributed by atoms with E-state index in [1.165, 1.54) is 32.4 Å². The second-order valence-electron chi connectivity index (χ2n) is 7.37. The number of hydrogen-bond acceptors (Lipinski definition) is 9. The maximum atomic E-state index is 12.9. The molecule has 4 aromatic rings. The van der Waals surface area contributed by atoms with Crippen molar-refractivity contribution < 1.29 is 31.9 Å². The standard InChI is InChI=1S/C23H18N2O9S/c1-32-22-16-5-3-4-6-17(16)23(33-2)19-12-15(8-9-18(19)22)35(30,31)34-13-14-7-10-20(24(26)27)21(11-14)25(28)29/h3-12H,13H2,1-2H3. The van der Waals surface area contributed by atoms with E-state index in [4.69, 9.17) is 13.7 Å². The minimum Gasteiger partial charge on any atom is -0.495 e. The summed E-state index contributed by atoms with van der Waals surface area (Å²) in [6, 6.07) is 14.7. The average molecular weight is 498 g/mol. The molecule has 0 aliphatic carbocycles. The minimum atomic E-state index is -4.31. The Bertz CT molecular complexity index is 1600. The van der Waals surface area contributed by atoms with E-state index in [0.717, 1.165) is 22.9 Å². The van der Waals surface area contributed by atoms with E-state index in [-0.39, 0.29) is 10.5 Å². The number of nitro benzene ring substituents is 2. The van der Waals surface area contributed by atoms with Crippen LogP contribution in [-0.4, -0.2) is 32.5 Å². The predicted octanol–water partition coefficient (Wildman–Crippen LogP) is 4.73. The van der Waals surface area contributed by atoms with Gasteiger partial charge in [-0.15, -0.1) is 0 Å². The van der Waals surface area contributed by atoms with Crippen molar-refractivity contribution in [1.29, 1.82) is 0 Å². The number of fused-ring (bicyclic) bond motifs is 2. The molecule has 0 unspecified atom stereocenters. The van der Waals surface area contributed by atoms with Crippen molar-refractivity contribution in [3.05, 3.63) is 86.5 Å². The van der Waals surface area contributed by atoms with Crippen LogP contribution in [0.5, 0.6) is 11.5 Å². The molecular formula is C23H18N2O9S. The molecule has 0 fully saturated rings. The summed E-state index contributed by atoms with van der Waals surface area (Å²) in [5, 5.41) is 24.8. The topological polar surface area (TPSA) is 148 Å². The molecule has 0 spiro atoms. The normalized spacial score (nSPS) is 11.5. The summed E-state index contributed by atoms with van der Waals surface area (Å²) in [6.07, 6.45) is 0. The molecule has 4 rings (SSSR count). The highest BCUT2D eigenvalue weighted by Crippen LogP contribution is 2.43. The van der Waals surface area contributed by atoms with Crippen LogP contribution in [0, 0.1) is 20.2 Å². The monoisotopic (exact) mass is 498 g/mol. The molecule has 0 saturated heterocycles. The van der Waals surface area contributed by atoms with Crippen molar-refractivity contribution in [2.75, 3.05) is 14.2 Å². The van der Waals surface area contributed by atoms with E-state index in [9.17, 15) is 28.6 Å². The third-order valence-electron chi connectivity index (χ3n) is 5.41. The predicted molar refractivity (Wildman–Crippen MR) is 126 cm³/mol. The molecular weight excluding hydrogens is 480 g/mol.